The average molecular weight is 441 g/mol. The molecule has 2 amide bonds. The molecular weight excluding hydrogens is 419 g/mol. The minimum atomic E-state index is -4.38. The number of rotatable bonds is 3. The van der Waals surface area contributed by atoms with E-state index in [0.29, 0.717) is 50.2 Å². The number of nitrogens with one attached hydrogen (secondary N) is 1. The number of fused-ring (bicyclic) bond motifs is 1. The van der Waals surface area contributed by atoms with Gasteiger partial charge in [-0.25, -0.2) is 4.98 Å². The molecule has 1 aromatic carbocycles. The molecule has 32 heavy (non-hydrogen) atoms. The van der Waals surface area contributed by atoms with Crippen molar-refractivity contribution in [2.75, 3.05) is 18.4 Å². The monoisotopic (exact) mass is 441 g/mol. The Labute approximate surface area is 183 Å². The van der Waals surface area contributed by atoms with Crippen LogP contribution in [0.25, 0.3) is 11.6 Å². The lowest BCUT2D eigenvalue weighted by Crippen LogP contribution is -2.29. The van der Waals surface area contributed by atoms with Crippen molar-refractivity contribution in [3.63, 3.8) is 0 Å². The van der Waals surface area contributed by atoms with E-state index in [4.69, 9.17) is 0 Å². The second-order valence-electron chi connectivity index (χ2n) is 7.85. The summed E-state index contributed by atoms with van der Waals surface area (Å²) in [4.78, 5) is 30.0. The fourth-order valence-electron chi connectivity index (χ4n) is 3.87. The summed E-state index contributed by atoms with van der Waals surface area (Å²) in [6, 6.07) is 7.21. The molecule has 3 heterocycles. The molecule has 8 heteroatoms. The summed E-state index contributed by atoms with van der Waals surface area (Å²) in [5.74, 6) is 0.337. The number of hydrogen-bond donors (Lipinski definition) is 1. The van der Waals surface area contributed by atoms with E-state index in [2.05, 4.69) is 10.3 Å². The summed E-state index contributed by atoms with van der Waals surface area (Å²) in [5.41, 5.74) is 2.38. The van der Waals surface area contributed by atoms with Crippen molar-refractivity contribution >= 4 is 29.3 Å². The topological polar surface area (TPSA) is 62.3 Å². The third-order valence-electron chi connectivity index (χ3n) is 5.59. The van der Waals surface area contributed by atoms with Crippen LogP contribution in [0.4, 0.5) is 19.0 Å². The van der Waals surface area contributed by atoms with Gasteiger partial charge in [0.15, 0.2) is 0 Å². The number of carbonyl (C=O) groups excluding carboxylic acids is 2. The largest absolute Gasteiger partial charge is 0.416 e. The lowest BCUT2D eigenvalue weighted by molar-refractivity contribution is -0.137. The minimum Gasteiger partial charge on any atom is -0.335 e. The maximum absolute atomic E-state index is 13.0. The van der Waals surface area contributed by atoms with Crippen LogP contribution in [0.5, 0.6) is 0 Å². The first-order valence-corrected chi connectivity index (χ1v) is 10.4. The molecule has 0 spiro atoms. The van der Waals surface area contributed by atoms with E-state index in [9.17, 15) is 22.8 Å². The predicted molar refractivity (Wildman–Crippen MR) is 115 cm³/mol. The summed E-state index contributed by atoms with van der Waals surface area (Å²) in [6.45, 7) is 0.861. The van der Waals surface area contributed by atoms with Crippen molar-refractivity contribution < 1.29 is 22.8 Å². The zero-order chi connectivity index (χ0) is 22.7. The van der Waals surface area contributed by atoms with Crippen LogP contribution in [0.15, 0.2) is 48.7 Å². The molecule has 166 valence electrons. The lowest BCUT2D eigenvalue weighted by atomic mass is 9.99. The number of amides is 2. The average Bonchev–Trinajstić information content (AvgIpc) is 3.03. The molecular formula is C24H22F3N3O2. The van der Waals surface area contributed by atoms with Crippen molar-refractivity contribution in [1.82, 2.24) is 9.88 Å². The SMILES string of the molecule is O=C1CCc2cc(/C=C/C(=O)N3CC=C(c4cccc(C(F)(F)F)c4)CCC3)cnc2N1. The van der Waals surface area contributed by atoms with Crippen LogP contribution in [0.3, 0.4) is 0 Å². The highest BCUT2D eigenvalue weighted by atomic mass is 19.4. The van der Waals surface area contributed by atoms with Crippen LogP contribution < -0.4 is 5.32 Å². The number of nitrogens with zero attached hydrogens (tertiary/aromatic N) is 2. The molecule has 0 fully saturated rings. The number of aromatic nitrogens is 1. The number of anilines is 1. The Morgan fingerprint density at radius 2 is 2.00 bits per heavy atom. The number of carbonyl (C=O) groups is 2. The minimum absolute atomic E-state index is 0.0535. The number of aryl methyl sites for hydroxylation is 1. The van der Waals surface area contributed by atoms with Crippen LogP contribution in [0, 0.1) is 0 Å². The van der Waals surface area contributed by atoms with Gasteiger partial charge in [0.1, 0.15) is 5.82 Å². The van der Waals surface area contributed by atoms with Crippen LogP contribution in [0.1, 0.15) is 41.5 Å². The van der Waals surface area contributed by atoms with Crippen molar-refractivity contribution in [2.24, 2.45) is 0 Å². The number of hydrogen-bond acceptors (Lipinski definition) is 3. The van der Waals surface area contributed by atoms with Gasteiger partial charge in [-0.15, -0.1) is 0 Å². The maximum atomic E-state index is 13.0. The van der Waals surface area contributed by atoms with E-state index >= 15 is 0 Å². The van der Waals surface area contributed by atoms with E-state index in [1.807, 2.05) is 12.1 Å². The summed E-state index contributed by atoms with van der Waals surface area (Å²) in [7, 11) is 0. The summed E-state index contributed by atoms with van der Waals surface area (Å²) >= 11 is 0. The highest BCUT2D eigenvalue weighted by Gasteiger charge is 2.30. The first-order chi connectivity index (χ1) is 15.3. The molecule has 0 aliphatic carbocycles. The van der Waals surface area contributed by atoms with Crippen LogP contribution in [-0.4, -0.2) is 34.8 Å². The van der Waals surface area contributed by atoms with Crippen molar-refractivity contribution in [3.8, 4) is 0 Å². The predicted octanol–water partition coefficient (Wildman–Crippen LogP) is 4.70. The van der Waals surface area contributed by atoms with Crippen LogP contribution in [-0.2, 0) is 22.2 Å². The van der Waals surface area contributed by atoms with Crippen molar-refractivity contribution in [2.45, 2.75) is 31.9 Å². The zero-order valence-corrected chi connectivity index (χ0v) is 17.3. The van der Waals surface area contributed by atoms with Crippen molar-refractivity contribution in [1.29, 1.82) is 0 Å². The molecule has 2 aliphatic rings. The van der Waals surface area contributed by atoms with Crippen LogP contribution in [0.2, 0.25) is 0 Å². The Hall–Kier alpha value is -3.42. The van der Waals surface area contributed by atoms with Crippen molar-refractivity contribution in [3.05, 3.63) is 70.9 Å². The molecule has 5 nitrogen and oxygen atoms in total. The molecule has 0 unspecified atom stereocenters. The third-order valence-corrected chi connectivity index (χ3v) is 5.59. The second-order valence-corrected chi connectivity index (χ2v) is 7.85. The molecule has 1 N–H and O–H groups in total. The highest BCUT2D eigenvalue weighted by Crippen LogP contribution is 2.32. The van der Waals surface area contributed by atoms with E-state index in [-0.39, 0.29) is 11.8 Å². The third kappa shape index (κ3) is 5.07. The highest BCUT2D eigenvalue weighted by molar-refractivity contribution is 5.94. The summed E-state index contributed by atoms with van der Waals surface area (Å²) in [5, 5.41) is 2.72. The molecule has 2 aromatic rings. The normalized spacial score (nSPS) is 16.9. The van der Waals surface area contributed by atoms with Crippen LogP contribution >= 0.6 is 0 Å². The fourth-order valence-corrected chi connectivity index (χ4v) is 3.87. The summed E-state index contributed by atoms with van der Waals surface area (Å²) < 4.78 is 39.0. The number of halogens is 3. The number of pyridine rings is 1. The summed E-state index contributed by atoms with van der Waals surface area (Å²) in [6.07, 6.45) is 4.51. The number of alkyl halides is 3. The Bertz CT molecular complexity index is 1110. The Balaban J connectivity index is 1.43. The van der Waals surface area contributed by atoms with Gasteiger partial charge in [-0.2, -0.15) is 13.2 Å². The number of allylic oxidation sites excluding steroid dienone is 1. The van der Waals surface area contributed by atoms with E-state index in [1.165, 1.54) is 12.1 Å². The van der Waals surface area contributed by atoms with E-state index in [1.54, 1.807) is 23.2 Å². The molecule has 1 aromatic heterocycles. The van der Waals surface area contributed by atoms with Gasteiger partial charge in [0.2, 0.25) is 11.8 Å². The maximum Gasteiger partial charge on any atom is 0.416 e. The van der Waals surface area contributed by atoms with Gasteiger partial charge in [-0.1, -0.05) is 18.2 Å². The quantitative estimate of drug-likeness (QED) is 0.702. The second kappa shape index (κ2) is 8.98. The molecule has 0 radical (unpaired) electrons. The first kappa shape index (κ1) is 21.8. The Kier molecular flexibility index (Phi) is 6.12. The Morgan fingerprint density at radius 3 is 2.81 bits per heavy atom. The standard InChI is InChI=1S/C24H22F3N3O2/c25-24(26,27)20-5-1-3-18(14-20)17-4-2-11-30(12-10-17)22(32)9-6-16-13-19-7-8-21(31)29-23(19)28-15-16/h1,3,5-6,9-10,13-15H,2,4,7-8,11-12H2,(H,28,29,31)/b9-6+. The van der Waals surface area contributed by atoms with Gasteiger partial charge in [0, 0.05) is 31.8 Å². The van der Waals surface area contributed by atoms with Gasteiger partial charge in [-0.05, 0) is 65.8 Å². The van der Waals surface area contributed by atoms with Gasteiger partial charge < -0.3 is 10.2 Å². The fraction of sp³-hybridized carbons (Fsp3) is 0.292. The molecule has 2 aliphatic heterocycles. The van der Waals surface area contributed by atoms with Gasteiger partial charge in [0.05, 0.1) is 5.56 Å². The van der Waals surface area contributed by atoms with Gasteiger partial charge in [0.25, 0.3) is 0 Å². The molecule has 0 bridgehead atoms. The van der Waals surface area contributed by atoms with Gasteiger partial charge >= 0.3 is 6.18 Å². The molecule has 0 atom stereocenters. The smallest absolute Gasteiger partial charge is 0.335 e. The number of benzene rings is 1. The first-order valence-electron chi connectivity index (χ1n) is 10.4. The van der Waals surface area contributed by atoms with Gasteiger partial charge in [-0.3, -0.25) is 9.59 Å². The van der Waals surface area contributed by atoms with E-state index < -0.39 is 11.7 Å². The Morgan fingerprint density at radius 1 is 1.16 bits per heavy atom. The zero-order valence-electron chi connectivity index (χ0n) is 17.3. The molecule has 0 saturated heterocycles. The van der Waals surface area contributed by atoms with E-state index in [0.717, 1.165) is 28.8 Å². The lowest BCUT2D eigenvalue weighted by Gasteiger charge is -2.17. The molecule has 4 rings (SSSR count). The molecule has 0 saturated carbocycles.